The predicted molar refractivity (Wildman–Crippen MR) is 48.2 cm³/mol. The van der Waals surface area contributed by atoms with Gasteiger partial charge in [-0.1, -0.05) is 0 Å². The van der Waals surface area contributed by atoms with Crippen LogP contribution in [0.5, 0.6) is 0 Å². The normalized spacial score (nSPS) is 20.3. The summed E-state index contributed by atoms with van der Waals surface area (Å²) in [6.45, 7) is 5.37. The minimum Gasteiger partial charge on any atom is -0.444 e. The summed E-state index contributed by atoms with van der Waals surface area (Å²) >= 11 is 0. The molecule has 4 nitrogen and oxygen atoms in total. The average Bonchev–Trinajstić information content (AvgIpc) is 1.79. The molecule has 1 saturated carbocycles. The number of carbonyl (C=O) groups excluding carboxylic acids is 1. The Hall–Kier alpha value is -0.770. The van der Waals surface area contributed by atoms with Crippen LogP contribution in [0.25, 0.3) is 0 Å². The topological polar surface area (TPSA) is 58.6 Å². The first-order valence-corrected chi connectivity index (χ1v) is 4.54. The highest BCUT2D eigenvalue weighted by atomic mass is 16.6. The first kappa shape index (κ1) is 10.3. The zero-order valence-corrected chi connectivity index (χ0v) is 8.39. The maximum Gasteiger partial charge on any atom is 0.409 e. The molecule has 2 N–H and O–H groups in total. The summed E-state index contributed by atoms with van der Waals surface area (Å²) in [7, 11) is 0. The van der Waals surface area contributed by atoms with E-state index in [0.717, 1.165) is 6.42 Å². The number of nitrogens with one attached hydrogen (secondary N) is 1. The number of ether oxygens (including phenoxy) is 1. The van der Waals surface area contributed by atoms with E-state index in [4.69, 9.17) is 4.74 Å². The summed E-state index contributed by atoms with van der Waals surface area (Å²) in [4.78, 5) is 11.2. The van der Waals surface area contributed by atoms with Crippen molar-refractivity contribution in [3.8, 4) is 0 Å². The molecule has 0 heterocycles. The van der Waals surface area contributed by atoms with Gasteiger partial charge in [-0.2, -0.15) is 0 Å². The first-order valence-electron chi connectivity index (χ1n) is 4.54. The lowest BCUT2D eigenvalue weighted by Crippen LogP contribution is -2.54. The van der Waals surface area contributed by atoms with Gasteiger partial charge in [-0.05, 0) is 40.0 Å². The molecule has 1 aliphatic carbocycles. The predicted octanol–water partition coefficient (Wildman–Crippen LogP) is 1.38. The second-order valence-electron chi connectivity index (χ2n) is 4.51. The molecule has 0 atom stereocenters. The van der Waals surface area contributed by atoms with Gasteiger partial charge in [0.15, 0.2) is 0 Å². The van der Waals surface area contributed by atoms with Crippen LogP contribution in [0.3, 0.4) is 0 Å². The zero-order chi connectivity index (χ0) is 10.1. The van der Waals surface area contributed by atoms with Crippen molar-refractivity contribution in [2.24, 2.45) is 0 Å². The lowest BCUT2D eigenvalue weighted by molar-refractivity contribution is -0.0665. The maximum atomic E-state index is 11.2. The number of hydrogen-bond donors (Lipinski definition) is 2. The van der Waals surface area contributed by atoms with E-state index in [1.807, 2.05) is 0 Å². The Morgan fingerprint density at radius 2 is 2.00 bits per heavy atom. The molecule has 0 radical (unpaired) electrons. The van der Waals surface area contributed by atoms with Crippen LogP contribution >= 0.6 is 0 Å². The van der Waals surface area contributed by atoms with Crippen LogP contribution in [-0.4, -0.2) is 22.5 Å². The van der Waals surface area contributed by atoms with Crippen molar-refractivity contribution < 1.29 is 14.6 Å². The summed E-state index contributed by atoms with van der Waals surface area (Å²) in [5.41, 5.74) is -1.52. The Morgan fingerprint density at radius 1 is 1.46 bits per heavy atom. The highest BCUT2D eigenvalue weighted by molar-refractivity contribution is 5.68. The maximum absolute atomic E-state index is 11.2. The van der Waals surface area contributed by atoms with Crippen molar-refractivity contribution >= 4 is 6.09 Å². The molecule has 1 fully saturated rings. The van der Waals surface area contributed by atoms with Crippen LogP contribution in [0.4, 0.5) is 4.79 Å². The van der Waals surface area contributed by atoms with Gasteiger partial charge in [0.2, 0.25) is 0 Å². The smallest absolute Gasteiger partial charge is 0.409 e. The number of carbonyl (C=O) groups is 1. The summed E-state index contributed by atoms with van der Waals surface area (Å²) < 4.78 is 5.00. The second-order valence-corrected chi connectivity index (χ2v) is 4.51. The second kappa shape index (κ2) is 3.18. The van der Waals surface area contributed by atoms with Gasteiger partial charge in [0.05, 0.1) is 0 Å². The third-order valence-corrected chi connectivity index (χ3v) is 1.91. The van der Waals surface area contributed by atoms with E-state index < -0.39 is 17.4 Å². The lowest BCUT2D eigenvalue weighted by atomic mass is 9.88. The highest BCUT2D eigenvalue weighted by Gasteiger charge is 2.37. The van der Waals surface area contributed by atoms with Gasteiger partial charge < -0.3 is 9.84 Å². The fourth-order valence-electron chi connectivity index (χ4n) is 1.13. The van der Waals surface area contributed by atoms with Gasteiger partial charge in [0.1, 0.15) is 11.3 Å². The molecule has 1 rings (SSSR count). The molecule has 76 valence electrons. The number of aliphatic hydroxyl groups is 1. The summed E-state index contributed by atoms with van der Waals surface area (Å²) in [6.07, 6.45) is 1.64. The number of hydrogen-bond acceptors (Lipinski definition) is 3. The van der Waals surface area contributed by atoms with E-state index in [9.17, 15) is 9.90 Å². The van der Waals surface area contributed by atoms with Crippen molar-refractivity contribution in [1.82, 2.24) is 5.32 Å². The van der Waals surface area contributed by atoms with Crippen molar-refractivity contribution in [3.63, 3.8) is 0 Å². The first-order chi connectivity index (χ1) is 5.81. The van der Waals surface area contributed by atoms with Gasteiger partial charge in [-0.3, -0.25) is 5.32 Å². The number of rotatable bonds is 1. The average molecular weight is 187 g/mol. The molecular weight excluding hydrogens is 170 g/mol. The van der Waals surface area contributed by atoms with E-state index in [0.29, 0.717) is 12.8 Å². The molecule has 0 aromatic rings. The molecule has 13 heavy (non-hydrogen) atoms. The van der Waals surface area contributed by atoms with Crippen LogP contribution in [0, 0.1) is 0 Å². The summed E-state index contributed by atoms with van der Waals surface area (Å²) in [6, 6.07) is 0. The van der Waals surface area contributed by atoms with Crippen molar-refractivity contribution in [3.05, 3.63) is 0 Å². The monoisotopic (exact) mass is 187 g/mol. The van der Waals surface area contributed by atoms with Gasteiger partial charge in [-0.15, -0.1) is 0 Å². The molecule has 0 aromatic heterocycles. The lowest BCUT2D eigenvalue weighted by Gasteiger charge is -2.37. The molecule has 1 aliphatic rings. The number of amides is 1. The van der Waals surface area contributed by atoms with Crippen molar-refractivity contribution in [2.75, 3.05) is 0 Å². The minimum atomic E-state index is -1.01. The molecule has 1 amide bonds. The Morgan fingerprint density at radius 3 is 2.31 bits per heavy atom. The fourth-order valence-corrected chi connectivity index (χ4v) is 1.13. The van der Waals surface area contributed by atoms with E-state index in [2.05, 4.69) is 5.32 Å². The van der Waals surface area contributed by atoms with E-state index in [-0.39, 0.29) is 0 Å². The largest absolute Gasteiger partial charge is 0.444 e. The fraction of sp³-hybridized carbons (Fsp3) is 0.889. The summed E-state index contributed by atoms with van der Waals surface area (Å²) in [5.74, 6) is 0. The molecule has 0 spiro atoms. The van der Waals surface area contributed by atoms with Crippen LogP contribution in [0.15, 0.2) is 0 Å². The van der Waals surface area contributed by atoms with Crippen molar-refractivity contribution in [1.29, 1.82) is 0 Å². The Kier molecular flexibility index (Phi) is 2.52. The van der Waals surface area contributed by atoms with Gasteiger partial charge in [0.25, 0.3) is 0 Å². The molecule has 0 saturated heterocycles. The highest BCUT2D eigenvalue weighted by Crippen LogP contribution is 2.28. The Balaban J connectivity index is 2.33. The molecule has 0 aliphatic heterocycles. The quantitative estimate of drug-likeness (QED) is 0.610. The zero-order valence-electron chi connectivity index (χ0n) is 8.39. The SMILES string of the molecule is CC(C)(C)OC(=O)NC1(O)CCC1. The molecule has 0 unspecified atom stereocenters. The van der Waals surface area contributed by atoms with Crippen LogP contribution in [0.2, 0.25) is 0 Å². The van der Waals surface area contributed by atoms with E-state index in [1.165, 1.54) is 0 Å². The number of alkyl carbamates (subject to hydrolysis) is 1. The molecule has 4 heteroatoms. The Bertz CT molecular complexity index is 203. The van der Waals surface area contributed by atoms with Crippen LogP contribution < -0.4 is 5.32 Å². The van der Waals surface area contributed by atoms with Crippen molar-refractivity contribution in [2.45, 2.75) is 51.4 Å². The summed E-state index contributed by atoms with van der Waals surface area (Å²) in [5, 5.41) is 12.0. The van der Waals surface area contributed by atoms with E-state index >= 15 is 0 Å². The van der Waals surface area contributed by atoms with Gasteiger partial charge >= 0.3 is 6.09 Å². The third kappa shape index (κ3) is 3.22. The third-order valence-electron chi connectivity index (χ3n) is 1.91. The van der Waals surface area contributed by atoms with Crippen LogP contribution in [-0.2, 0) is 4.74 Å². The van der Waals surface area contributed by atoms with Gasteiger partial charge in [-0.25, -0.2) is 4.79 Å². The molecule has 0 aromatic carbocycles. The standard InChI is InChI=1S/C9H17NO3/c1-8(2,3)13-7(11)10-9(12)5-4-6-9/h12H,4-6H2,1-3H3,(H,10,11). The minimum absolute atomic E-state index is 0.510. The van der Waals surface area contributed by atoms with Gasteiger partial charge in [0, 0.05) is 0 Å². The molecular formula is C9H17NO3. The molecule has 0 bridgehead atoms. The van der Waals surface area contributed by atoms with E-state index in [1.54, 1.807) is 20.8 Å². The Labute approximate surface area is 78.3 Å². The van der Waals surface area contributed by atoms with Crippen LogP contribution in [0.1, 0.15) is 40.0 Å².